The summed E-state index contributed by atoms with van der Waals surface area (Å²) in [4.78, 5) is 13.1. The fraction of sp³-hybridized carbons (Fsp3) is 0.545. The summed E-state index contributed by atoms with van der Waals surface area (Å²) in [5.74, 6) is 0.00648. The Morgan fingerprint density at radius 3 is 2.83 bits per heavy atom. The summed E-state index contributed by atoms with van der Waals surface area (Å²) in [6.07, 6.45) is 1.75. The average molecular weight is 285 g/mol. The minimum Gasteiger partial charge on any atom is -0.361 e. The molecule has 7 heteroatoms. The lowest BCUT2D eigenvalue weighted by Gasteiger charge is -2.32. The van der Waals surface area contributed by atoms with E-state index in [9.17, 15) is 4.79 Å². The third-order valence-electron chi connectivity index (χ3n) is 2.93. The highest BCUT2D eigenvalue weighted by Crippen LogP contribution is 2.32. The Bertz CT molecular complexity index is 488. The molecule has 18 heavy (non-hydrogen) atoms. The summed E-state index contributed by atoms with van der Waals surface area (Å²) >= 11 is 7.11. The molecule has 2 rings (SSSR count). The third kappa shape index (κ3) is 2.74. The molecule has 1 N–H and O–H groups in total. The SMILES string of the molecule is CC(=O)NC1CCN(c2snc(Cl)c2C#N)CC1. The van der Waals surface area contributed by atoms with Crippen molar-refractivity contribution in [3.8, 4) is 6.07 Å². The van der Waals surface area contributed by atoms with Gasteiger partial charge in [0.1, 0.15) is 16.6 Å². The molecule has 1 fully saturated rings. The van der Waals surface area contributed by atoms with Crippen molar-refractivity contribution in [3.63, 3.8) is 0 Å². The van der Waals surface area contributed by atoms with Crippen molar-refractivity contribution in [2.24, 2.45) is 0 Å². The Labute approximate surface area is 115 Å². The first kappa shape index (κ1) is 13.1. The van der Waals surface area contributed by atoms with Crippen molar-refractivity contribution in [2.45, 2.75) is 25.8 Å². The maximum atomic E-state index is 11.0. The summed E-state index contributed by atoms with van der Waals surface area (Å²) in [6, 6.07) is 2.32. The van der Waals surface area contributed by atoms with E-state index in [1.807, 2.05) is 0 Å². The maximum Gasteiger partial charge on any atom is 0.217 e. The van der Waals surface area contributed by atoms with Crippen LogP contribution in [-0.4, -0.2) is 29.4 Å². The lowest BCUT2D eigenvalue weighted by Crippen LogP contribution is -2.44. The summed E-state index contributed by atoms with van der Waals surface area (Å²) in [7, 11) is 0. The summed E-state index contributed by atoms with van der Waals surface area (Å²) < 4.78 is 4.00. The Kier molecular flexibility index (Phi) is 4.04. The molecule has 96 valence electrons. The number of carbonyl (C=O) groups excluding carboxylic acids is 1. The van der Waals surface area contributed by atoms with Crippen molar-refractivity contribution in [3.05, 3.63) is 10.7 Å². The van der Waals surface area contributed by atoms with E-state index in [0.717, 1.165) is 30.9 Å². The Balaban J connectivity index is 2.01. The second-order valence-corrected chi connectivity index (χ2v) is 5.34. The zero-order valence-corrected chi connectivity index (χ0v) is 11.5. The molecule has 0 aromatic carbocycles. The molecule has 0 aliphatic carbocycles. The average Bonchev–Trinajstić information content (AvgIpc) is 2.70. The molecule has 2 heterocycles. The van der Waals surface area contributed by atoms with E-state index in [1.54, 1.807) is 0 Å². The van der Waals surface area contributed by atoms with Crippen LogP contribution >= 0.6 is 23.1 Å². The second kappa shape index (κ2) is 5.55. The van der Waals surface area contributed by atoms with Crippen LogP contribution in [0.25, 0.3) is 0 Å². The highest BCUT2D eigenvalue weighted by molar-refractivity contribution is 7.10. The Morgan fingerprint density at radius 1 is 1.61 bits per heavy atom. The molecular formula is C11H13ClN4OS. The van der Waals surface area contributed by atoms with E-state index in [1.165, 1.54) is 18.5 Å². The number of amides is 1. The standard InChI is InChI=1S/C11H13ClN4OS/c1-7(17)14-8-2-4-16(5-3-8)11-9(6-13)10(12)15-18-11/h8H,2-5H2,1H3,(H,14,17). The molecule has 1 aromatic rings. The van der Waals surface area contributed by atoms with Crippen LogP contribution in [0.5, 0.6) is 0 Å². The number of aromatic nitrogens is 1. The Morgan fingerprint density at radius 2 is 2.28 bits per heavy atom. The van der Waals surface area contributed by atoms with Gasteiger partial charge < -0.3 is 10.2 Å². The molecule has 1 saturated heterocycles. The quantitative estimate of drug-likeness (QED) is 0.899. The normalized spacial score (nSPS) is 16.4. The predicted octanol–water partition coefficient (Wildman–Crippen LogP) is 1.77. The van der Waals surface area contributed by atoms with Gasteiger partial charge in [0, 0.05) is 26.1 Å². The van der Waals surface area contributed by atoms with Crippen molar-refractivity contribution in [2.75, 3.05) is 18.0 Å². The first-order valence-corrected chi connectivity index (χ1v) is 6.84. The first-order valence-electron chi connectivity index (χ1n) is 5.69. The minimum atomic E-state index is 0.00648. The van der Waals surface area contributed by atoms with Gasteiger partial charge >= 0.3 is 0 Å². The lowest BCUT2D eigenvalue weighted by atomic mass is 10.1. The van der Waals surface area contributed by atoms with E-state index in [2.05, 4.69) is 20.7 Å². The van der Waals surface area contributed by atoms with Crippen molar-refractivity contribution in [1.82, 2.24) is 9.69 Å². The molecule has 0 bridgehead atoms. The van der Waals surface area contributed by atoms with Crippen LogP contribution in [0.2, 0.25) is 5.15 Å². The molecular weight excluding hydrogens is 272 g/mol. The van der Waals surface area contributed by atoms with Gasteiger partial charge in [-0.2, -0.15) is 9.64 Å². The molecule has 0 spiro atoms. The van der Waals surface area contributed by atoms with Gasteiger partial charge in [-0.15, -0.1) is 0 Å². The van der Waals surface area contributed by atoms with Gasteiger partial charge in [-0.05, 0) is 24.4 Å². The van der Waals surface area contributed by atoms with Crippen molar-refractivity contribution < 1.29 is 4.79 Å². The number of nitriles is 1. The fourth-order valence-corrected chi connectivity index (χ4v) is 3.17. The third-order valence-corrected chi connectivity index (χ3v) is 4.22. The van der Waals surface area contributed by atoms with Crippen LogP contribution < -0.4 is 10.2 Å². The fourth-order valence-electron chi connectivity index (χ4n) is 2.09. The number of halogens is 1. The zero-order valence-electron chi connectivity index (χ0n) is 9.94. The monoisotopic (exact) mass is 284 g/mol. The van der Waals surface area contributed by atoms with Crippen molar-refractivity contribution in [1.29, 1.82) is 5.26 Å². The minimum absolute atomic E-state index is 0.00648. The van der Waals surface area contributed by atoms with Crippen LogP contribution in [0.15, 0.2) is 0 Å². The molecule has 0 unspecified atom stereocenters. The van der Waals surface area contributed by atoms with E-state index < -0.39 is 0 Å². The number of nitrogens with zero attached hydrogens (tertiary/aromatic N) is 3. The molecule has 0 atom stereocenters. The highest BCUT2D eigenvalue weighted by Gasteiger charge is 2.24. The molecule has 1 aromatic heterocycles. The van der Waals surface area contributed by atoms with Crippen LogP contribution in [0.1, 0.15) is 25.3 Å². The number of nitrogens with one attached hydrogen (secondary N) is 1. The molecule has 1 amide bonds. The molecule has 1 aliphatic heterocycles. The van der Waals surface area contributed by atoms with E-state index in [4.69, 9.17) is 16.9 Å². The number of hydrogen-bond donors (Lipinski definition) is 1. The van der Waals surface area contributed by atoms with Crippen LogP contribution in [0, 0.1) is 11.3 Å². The number of hydrogen-bond acceptors (Lipinski definition) is 5. The van der Waals surface area contributed by atoms with Crippen LogP contribution in [0.4, 0.5) is 5.00 Å². The van der Waals surface area contributed by atoms with Gasteiger partial charge in [-0.1, -0.05) is 11.6 Å². The smallest absolute Gasteiger partial charge is 0.217 e. The first-order chi connectivity index (χ1) is 8.61. The van der Waals surface area contributed by atoms with Crippen LogP contribution in [-0.2, 0) is 4.79 Å². The number of carbonyl (C=O) groups is 1. The number of rotatable bonds is 2. The zero-order chi connectivity index (χ0) is 13.1. The molecule has 0 radical (unpaired) electrons. The van der Waals surface area contributed by atoms with Gasteiger partial charge in [-0.25, -0.2) is 0 Å². The lowest BCUT2D eigenvalue weighted by molar-refractivity contribution is -0.119. The highest BCUT2D eigenvalue weighted by atomic mass is 35.5. The topological polar surface area (TPSA) is 69.0 Å². The van der Waals surface area contributed by atoms with Gasteiger partial charge in [0.2, 0.25) is 5.91 Å². The molecule has 5 nitrogen and oxygen atoms in total. The largest absolute Gasteiger partial charge is 0.361 e. The predicted molar refractivity (Wildman–Crippen MR) is 70.9 cm³/mol. The van der Waals surface area contributed by atoms with Gasteiger partial charge in [0.05, 0.1) is 0 Å². The van der Waals surface area contributed by atoms with Crippen LogP contribution in [0.3, 0.4) is 0 Å². The summed E-state index contributed by atoms with van der Waals surface area (Å²) in [5.41, 5.74) is 0.458. The van der Waals surface area contributed by atoms with E-state index in [0.29, 0.717) is 5.56 Å². The van der Waals surface area contributed by atoms with E-state index in [-0.39, 0.29) is 17.1 Å². The van der Waals surface area contributed by atoms with Gasteiger partial charge in [0.15, 0.2) is 5.15 Å². The van der Waals surface area contributed by atoms with Crippen molar-refractivity contribution >= 4 is 34.0 Å². The number of piperidine rings is 1. The molecule has 0 saturated carbocycles. The number of anilines is 1. The Hall–Kier alpha value is -1.32. The maximum absolute atomic E-state index is 11.0. The van der Waals surface area contributed by atoms with E-state index >= 15 is 0 Å². The summed E-state index contributed by atoms with van der Waals surface area (Å²) in [6.45, 7) is 3.14. The molecule has 1 aliphatic rings. The summed E-state index contributed by atoms with van der Waals surface area (Å²) in [5, 5.41) is 13.1. The second-order valence-electron chi connectivity index (χ2n) is 4.23. The van der Waals surface area contributed by atoms with Gasteiger partial charge in [-0.3, -0.25) is 4.79 Å². The van der Waals surface area contributed by atoms with Gasteiger partial charge in [0.25, 0.3) is 0 Å².